The third kappa shape index (κ3) is 4.98. The lowest BCUT2D eigenvalue weighted by molar-refractivity contribution is 0.331. The van der Waals surface area contributed by atoms with Gasteiger partial charge in [0.15, 0.2) is 0 Å². The molecule has 0 fully saturated rings. The first kappa shape index (κ1) is 11.6. The van der Waals surface area contributed by atoms with E-state index >= 15 is 0 Å². The van der Waals surface area contributed by atoms with Crippen molar-refractivity contribution in [2.24, 2.45) is 0 Å². The molecule has 2 N–H and O–H groups in total. The van der Waals surface area contributed by atoms with Crippen molar-refractivity contribution in [3.63, 3.8) is 0 Å². The van der Waals surface area contributed by atoms with Crippen molar-refractivity contribution >= 4 is 24.6 Å². The highest BCUT2D eigenvalue weighted by Crippen LogP contribution is 2.74. The molecule has 68 valence electrons. The summed E-state index contributed by atoms with van der Waals surface area (Å²) in [6.45, 7) is -8.07. The van der Waals surface area contributed by atoms with Crippen LogP contribution < -0.4 is 0 Å². The van der Waals surface area contributed by atoms with E-state index in [0.29, 0.717) is 0 Å². The van der Waals surface area contributed by atoms with Gasteiger partial charge in [-0.2, -0.15) is 0 Å². The molecule has 0 rings (SSSR count). The zero-order valence-electron chi connectivity index (χ0n) is 5.83. The predicted octanol–water partition coefficient (Wildman–Crippen LogP) is 1.21. The van der Waals surface area contributed by atoms with Gasteiger partial charge in [0.2, 0.25) is 0 Å². The van der Waals surface area contributed by atoms with Gasteiger partial charge in [-0.3, -0.25) is 0 Å². The third-order valence-electron chi connectivity index (χ3n) is 0.668. The summed E-state index contributed by atoms with van der Waals surface area (Å²) in [6.07, 6.45) is 0. The third-order valence-corrected chi connectivity index (χ3v) is 7.85. The van der Waals surface area contributed by atoms with Crippen LogP contribution in [0.2, 0.25) is 0 Å². The Kier molecular flexibility index (Phi) is 4.29. The summed E-state index contributed by atoms with van der Waals surface area (Å²) in [5.41, 5.74) is 0. The summed E-state index contributed by atoms with van der Waals surface area (Å²) >= 11 is -0.118. The minimum atomic E-state index is -4.03. The van der Waals surface area contributed by atoms with Gasteiger partial charge in [-0.05, 0) is 0 Å². The first-order valence-electron chi connectivity index (χ1n) is 2.31. The van der Waals surface area contributed by atoms with Gasteiger partial charge in [0.25, 0.3) is 0 Å². The molecule has 0 saturated carbocycles. The summed E-state index contributed by atoms with van der Waals surface area (Å²) in [4.78, 5) is 17.3. The van der Waals surface area contributed by atoms with Gasteiger partial charge in [0, 0.05) is 14.2 Å². The van der Waals surface area contributed by atoms with Crippen LogP contribution in [0.3, 0.4) is 0 Å². The Labute approximate surface area is 67.5 Å². The second kappa shape index (κ2) is 4.05. The minimum Gasteiger partial charge on any atom is -0.316 e. The summed E-state index contributed by atoms with van der Waals surface area (Å²) in [6, 6.07) is 0. The van der Waals surface area contributed by atoms with Crippen LogP contribution in [0.25, 0.3) is 0 Å². The molecule has 0 heterocycles. The van der Waals surface area contributed by atoms with Crippen molar-refractivity contribution < 1.29 is 28.0 Å². The zero-order valence-corrected chi connectivity index (χ0v) is 8.44. The Morgan fingerprint density at radius 3 is 1.55 bits per heavy atom. The van der Waals surface area contributed by atoms with Crippen LogP contribution in [0.15, 0.2) is 0 Å². The Hall–Kier alpha value is 0.650. The van der Waals surface area contributed by atoms with Crippen LogP contribution in [-0.4, -0.2) is 24.0 Å². The van der Waals surface area contributed by atoms with E-state index in [1.807, 2.05) is 0 Å². The average molecular weight is 222 g/mol. The standard InChI is InChI=1S/C2H8O6P2S/c1-7-9(3,4)11-10(5,6)8-2/h1-2H3,(H,3,4)(H,5,6). The highest BCUT2D eigenvalue weighted by atomic mass is 33.1. The first-order valence-corrected chi connectivity index (χ1v) is 7.49. The highest BCUT2D eigenvalue weighted by molar-refractivity contribution is 8.84. The van der Waals surface area contributed by atoms with Gasteiger partial charge in [0.1, 0.15) is 0 Å². The summed E-state index contributed by atoms with van der Waals surface area (Å²) < 4.78 is 29.4. The van der Waals surface area contributed by atoms with Crippen molar-refractivity contribution in [1.82, 2.24) is 0 Å². The molecule has 0 bridgehead atoms. The van der Waals surface area contributed by atoms with Gasteiger partial charge < -0.3 is 18.8 Å². The normalized spacial score (nSPS) is 22.2. The quantitative estimate of drug-likeness (QED) is 0.690. The molecule has 0 amide bonds. The number of rotatable bonds is 4. The second-order valence-corrected chi connectivity index (χ2v) is 8.88. The fourth-order valence-corrected chi connectivity index (χ4v) is 5.32. The van der Waals surface area contributed by atoms with E-state index in [1.54, 1.807) is 0 Å². The Balaban J connectivity index is 4.26. The second-order valence-electron chi connectivity index (χ2n) is 1.38. The summed E-state index contributed by atoms with van der Waals surface area (Å²) in [5.74, 6) is 0. The molecular weight excluding hydrogens is 214 g/mol. The maximum absolute atomic E-state index is 10.6. The average Bonchev–Trinajstić information content (AvgIpc) is 1.86. The van der Waals surface area contributed by atoms with Crippen molar-refractivity contribution in [2.75, 3.05) is 14.2 Å². The van der Waals surface area contributed by atoms with E-state index in [0.717, 1.165) is 14.2 Å². The molecule has 2 atom stereocenters. The molecule has 11 heavy (non-hydrogen) atoms. The first-order chi connectivity index (χ1) is 4.83. The Bertz CT molecular complexity index is 193. The van der Waals surface area contributed by atoms with Crippen molar-refractivity contribution in [3.8, 4) is 0 Å². The van der Waals surface area contributed by atoms with E-state index in [-0.39, 0.29) is 11.0 Å². The fourth-order valence-electron chi connectivity index (χ4n) is 0.197. The monoisotopic (exact) mass is 222 g/mol. The Morgan fingerprint density at radius 2 is 1.36 bits per heavy atom. The van der Waals surface area contributed by atoms with Crippen LogP contribution in [-0.2, 0) is 18.2 Å². The lowest BCUT2D eigenvalue weighted by atomic mass is 11.8. The fraction of sp³-hybridized carbons (Fsp3) is 1.00. The molecule has 0 aromatic carbocycles. The smallest absolute Gasteiger partial charge is 0.316 e. The van der Waals surface area contributed by atoms with Crippen molar-refractivity contribution in [2.45, 2.75) is 0 Å². The van der Waals surface area contributed by atoms with Crippen LogP contribution >= 0.6 is 24.6 Å². The molecule has 0 radical (unpaired) electrons. The molecule has 0 spiro atoms. The highest BCUT2D eigenvalue weighted by Gasteiger charge is 2.33. The molecule has 6 nitrogen and oxygen atoms in total. The predicted molar refractivity (Wildman–Crippen MR) is 41.3 cm³/mol. The topological polar surface area (TPSA) is 93.1 Å². The molecule has 0 aromatic rings. The Morgan fingerprint density at radius 1 is 1.09 bits per heavy atom. The van der Waals surface area contributed by atoms with E-state index < -0.39 is 13.6 Å². The molecule has 2 unspecified atom stereocenters. The number of hydrogen-bond acceptors (Lipinski definition) is 5. The van der Waals surface area contributed by atoms with Crippen LogP contribution in [0.4, 0.5) is 0 Å². The molecule has 0 aliphatic heterocycles. The van der Waals surface area contributed by atoms with Gasteiger partial charge in [-0.1, -0.05) is 0 Å². The zero-order chi connectivity index (χ0) is 9.12. The van der Waals surface area contributed by atoms with E-state index in [9.17, 15) is 9.13 Å². The molecule has 0 saturated heterocycles. The number of hydrogen-bond donors (Lipinski definition) is 2. The molecule has 0 aliphatic rings. The maximum atomic E-state index is 10.6. The van der Waals surface area contributed by atoms with Crippen LogP contribution in [0.1, 0.15) is 0 Å². The molecular formula is C2H8O6P2S. The lowest BCUT2D eigenvalue weighted by Crippen LogP contribution is -1.80. The van der Waals surface area contributed by atoms with E-state index in [4.69, 9.17) is 9.79 Å². The largest absolute Gasteiger partial charge is 0.397 e. The SMILES string of the molecule is COP(=O)(O)SP(=O)(O)OC. The van der Waals surface area contributed by atoms with E-state index in [1.165, 1.54) is 0 Å². The van der Waals surface area contributed by atoms with Gasteiger partial charge >= 0.3 is 13.6 Å². The molecule has 9 heteroatoms. The molecule has 0 aromatic heterocycles. The summed E-state index contributed by atoms with van der Waals surface area (Å²) in [5, 5.41) is 0. The summed E-state index contributed by atoms with van der Waals surface area (Å²) in [7, 11) is 1.92. The van der Waals surface area contributed by atoms with Crippen molar-refractivity contribution in [1.29, 1.82) is 0 Å². The maximum Gasteiger partial charge on any atom is 0.397 e. The van der Waals surface area contributed by atoms with Crippen molar-refractivity contribution in [3.05, 3.63) is 0 Å². The lowest BCUT2D eigenvalue weighted by Gasteiger charge is -2.10. The minimum absolute atomic E-state index is 0.118. The van der Waals surface area contributed by atoms with Gasteiger partial charge in [-0.25, -0.2) is 9.13 Å². The van der Waals surface area contributed by atoms with E-state index in [2.05, 4.69) is 9.05 Å². The van der Waals surface area contributed by atoms with Gasteiger partial charge in [0.05, 0.1) is 11.0 Å². The van der Waals surface area contributed by atoms with Crippen LogP contribution in [0.5, 0.6) is 0 Å². The molecule has 0 aliphatic carbocycles. The van der Waals surface area contributed by atoms with Gasteiger partial charge in [-0.15, -0.1) is 0 Å². The van der Waals surface area contributed by atoms with Crippen LogP contribution in [0, 0.1) is 0 Å².